The second kappa shape index (κ2) is 8.26. The standard InChI is InChI=1S/C17H18N2O4S/c1-11(20)18-13-4-6-14(7-5-13)19-16(21)9-12(10-17(22)23)15-3-2-8-24-15/h2-8,12H,9-10H2,1H3,(H,18,20)(H,19,21)(H,22,23)/t12-/m1/s1. The lowest BCUT2D eigenvalue weighted by Crippen LogP contribution is -2.17. The van der Waals surface area contributed by atoms with Gasteiger partial charge in [0.15, 0.2) is 0 Å². The van der Waals surface area contributed by atoms with E-state index in [1.54, 1.807) is 24.3 Å². The van der Waals surface area contributed by atoms with Crippen molar-refractivity contribution in [2.24, 2.45) is 0 Å². The van der Waals surface area contributed by atoms with Gasteiger partial charge < -0.3 is 15.7 Å². The van der Waals surface area contributed by atoms with Crippen LogP contribution in [0.15, 0.2) is 41.8 Å². The highest BCUT2D eigenvalue weighted by Gasteiger charge is 2.20. The number of thiophene rings is 1. The molecule has 0 radical (unpaired) electrons. The highest BCUT2D eigenvalue weighted by atomic mass is 32.1. The molecule has 3 N–H and O–H groups in total. The van der Waals surface area contributed by atoms with Gasteiger partial charge in [0.1, 0.15) is 0 Å². The Hall–Kier alpha value is -2.67. The van der Waals surface area contributed by atoms with Gasteiger partial charge in [0.25, 0.3) is 0 Å². The van der Waals surface area contributed by atoms with Crippen LogP contribution >= 0.6 is 11.3 Å². The first kappa shape index (κ1) is 17.7. The van der Waals surface area contributed by atoms with Crippen molar-refractivity contribution in [1.29, 1.82) is 0 Å². The van der Waals surface area contributed by atoms with E-state index in [0.717, 1.165) is 4.88 Å². The zero-order valence-electron chi connectivity index (χ0n) is 13.1. The molecule has 6 nitrogen and oxygen atoms in total. The Labute approximate surface area is 143 Å². The number of carboxylic acid groups (broad SMARTS) is 1. The minimum atomic E-state index is -0.930. The summed E-state index contributed by atoms with van der Waals surface area (Å²) in [7, 11) is 0. The molecular weight excluding hydrogens is 328 g/mol. The predicted octanol–water partition coefficient (Wildman–Crippen LogP) is 3.29. The lowest BCUT2D eigenvalue weighted by atomic mass is 9.99. The number of carbonyl (C=O) groups excluding carboxylic acids is 2. The summed E-state index contributed by atoms with van der Waals surface area (Å²) in [5.41, 5.74) is 1.23. The largest absolute Gasteiger partial charge is 0.481 e. The topological polar surface area (TPSA) is 95.5 Å². The fraction of sp³-hybridized carbons (Fsp3) is 0.235. The molecule has 2 aromatic rings. The summed E-state index contributed by atoms with van der Waals surface area (Å²) in [6.07, 6.45) is 0.00959. The zero-order valence-corrected chi connectivity index (χ0v) is 13.9. The van der Waals surface area contributed by atoms with E-state index in [1.165, 1.54) is 18.3 Å². The molecule has 1 aromatic heterocycles. The van der Waals surface area contributed by atoms with Gasteiger partial charge >= 0.3 is 5.97 Å². The number of aliphatic carboxylic acids is 1. The van der Waals surface area contributed by atoms with Crippen LogP contribution in [-0.2, 0) is 14.4 Å². The summed E-state index contributed by atoms with van der Waals surface area (Å²) in [5, 5.41) is 16.3. The third-order valence-electron chi connectivity index (χ3n) is 3.29. The minimum absolute atomic E-state index is 0.0879. The van der Waals surface area contributed by atoms with Gasteiger partial charge in [-0.25, -0.2) is 0 Å². The molecule has 1 atom stereocenters. The smallest absolute Gasteiger partial charge is 0.304 e. The number of benzene rings is 1. The van der Waals surface area contributed by atoms with Gasteiger partial charge in [-0.2, -0.15) is 0 Å². The molecule has 126 valence electrons. The van der Waals surface area contributed by atoms with Gasteiger partial charge in [-0.3, -0.25) is 14.4 Å². The second-order valence-electron chi connectivity index (χ2n) is 5.32. The number of amides is 2. The lowest BCUT2D eigenvalue weighted by molar-refractivity contribution is -0.137. The van der Waals surface area contributed by atoms with Gasteiger partial charge in [-0.1, -0.05) is 6.07 Å². The fourth-order valence-electron chi connectivity index (χ4n) is 2.28. The van der Waals surface area contributed by atoms with Crippen LogP contribution in [-0.4, -0.2) is 22.9 Å². The fourth-order valence-corrected chi connectivity index (χ4v) is 3.11. The second-order valence-corrected chi connectivity index (χ2v) is 6.30. The third kappa shape index (κ3) is 5.51. The van der Waals surface area contributed by atoms with Crippen LogP contribution in [0.25, 0.3) is 0 Å². The van der Waals surface area contributed by atoms with Crippen molar-refractivity contribution in [3.63, 3.8) is 0 Å². The number of anilines is 2. The van der Waals surface area contributed by atoms with E-state index in [-0.39, 0.29) is 30.6 Å². The molecule has 0 saturated heterocycles. The van der Waals surface area contributed by atoms with Crippen molar-refractivity contribution in [3.05, 3.63) is 46.7 Å². The van der Waals surface area contributed by atoms with Crippen LogP contribution in [0.2, 0.25) is 0 Å². The van der Waals surface area contributed by atoms with E-state index in [0.29, 0.717) is 11.4 Å². The summed E-state index contributed by atoms with van der Waals surface area (Å²) < 4.78 is 0. The normalized spacial score (nSPS) is 11.5. The number of carbonyl (C=O) groups is 3. The SMILES string of the molecule is CC(=O)Nc1ccc(NC(=O)C[C@H](CC(=O)O)c2cccs2)cc1. The molecule has 0 aliphatic carbocycles. The Morgan fingerprint density at radius 2 is 1.67 bits per heavy atom. The van der Waals surface area contributed by atoms with Gasteiger partial charge in [0.2, 0.25) is 11.8 Å². The van der Waals surface area contributed by atoms with Crippen LogP contribution in [0.4, 0.5) is 11.4 Å². The summed E-state index contributed by atoms with van der Waals surface area (Å²) in [6.45, 7) is 1.42. The van der Waals surface area contributed by atoms with Gasteiger partial charge in [0.05, 0.1) is 6.42 Å². The molecule has 2 rings (SSSR count). The molecule has 1 heterocycles. The number of rotatable bonds is 7. The molecular formula is C17H18N2O4S. The first-order chi connectivity index (χ1) is 11.4. The maximum Gasteiger partial charge on any atom is 0.304 e. The molecule has 0 saturated carbocycles. The summed E-state index contributed by atoms with van der Waals surface area (Å²) in [6, 6.07) is 10.4. The predicted molar refractivity (Wildman–Crippen MR) is 93.3 cm³/mol. The number of hydrogen-bond acceptors (Lipinski definition) is 4. The third-order valence-corrected chi connectivity index (χ3v) is 4.32. The first-order valence-electron chi connectivity index (χ1n) is 7.36. The van der Waals surface area contributed by atoms with Crippen molar-refractivity contribution in [3.8, 4) is 0 Å². The van der Waals surface area contributed by atoms with Crippen molar-refractivity contribution in [2.45, 2.75) is 25.7 Å². The maximum atomic E-state index is 12.2. The Balaban J connectivity index is 1.97. The molecule has 0 aliphatic heterocycles. The summed E-state index contributed by atoms with van der Waals surface area (Å²) >= 11 is 1.45. The van der Waals surface area contributed by atoms with Gasteiger partial charge in [-0.05, 0) is 35.7 Å². The molecule has 24 heavy (non-hydrogen) atoms. The molecule has 0 bridgehead atoms. The van der Waals surface area contributed by atoms with Crippen LogP contribution in [0.5, 0.6) is 0 Å². The minimum Gasteiger partial charge on any atom is -0.481 e. The summed E-state index contributed by atoms with van der Waals surface area (Å²) in [5.74, 6) is -1.69. The quantitative estimate of drug-likeness (QED) is 0.717. The highest BCUT2D eigenvalue weighted by Crippen LogP contribution is 2.28. The Morgan fingerprint density at radius 3 is 2.17 bits per heavy atom. The highest BCUT2D eigenvalue weighted by molar-refractivity contribution is 7.10. The Kier molecular flexibility index (Phi) is 6.08. The molecule has 2 amide bonds. The van der Waals surface area contributed by atoms with Crippen LogP contribution < -0.4 is 10.6 Å². The number of hydrogen-bond donors (Lipinski definition) is 3. The van der Waals surface area contributed by atoms with Crippen LogP contribution in [0.1, 0.15) is 30.6 Å². The zero-order chi connectivity index (χ0) is 17.5. The van der Waals surface area contributed by atoms with Crippen molar-refractivity contribution in [2.75, 3.05) is 10.6 Å². The Morgan fingerprint density at radius 1 is 1.04 bits per heavy atom. The molecule has 7 heteroatoms. The molecule has 0 fully saturated rings. The van der Waals surface area contributed by atoms with Crippen molar-refractivity contribution < 1.29 is 19.5 Å². The van der Waals surface area contributed by atoms with E-state index >= 15 is 0 Å². The average molecular weight is 346 g/mol. The van der Waals surface area contributed by atoms with Gasteiger partial charge in [-0.15, -0.1) is 11.3 Å². The van der Waals surface area contributed by atoms with Crippen LogP contribution in [0.3, 0.4) is 0 Å². The molecule has 0 unspecified atom stereocenters. The van der Waals surface area contributed by atoms with E-state index in [1.807, 2.05) is 17.5 Å². The van der Waals surface area contributed by atoms with Crippen molar-refractivity contribution in [1.82, 2.24) is 0 Å². The van der Waals surface area contributed by atoms with E-state index in [9.17, 15) is 14.4 Å². The Bertz CT molecular complexity index is 711. The maximum absolute atomic E-state index is 12.2. The van der Waals surface area contributed by atoms with E-state index in [2.05, 4.69) is 10.6 Å². The summed E-state index contributed by atoms with van der Waals surface area (Å²) in [4.78, 5) is 35.1. The van der Waals surface area contributed by atoms with Crippen LogP contribution in [0, 0.1) is 0 Å². The molecule has 0 aliphatic rings. The monoisotopic (exact) mass is 346 g/mol. The molecule has 0 spiro atoms. The van der Waals surface area contributed by atoms with Gasteiger partial charge in [0, 0.05) is 35.5 Å². The van der Waals surface area contributed by atoms with E-state index in [4.69, 9.17) is 5.11 Å². The van der Waals surface area contributed by atoms with Crippen molar-refractivity contribution >= 4 is 40.5 Å². The molecule has 1 aromatic carbocycles. The first-order valence-corrected chi connectivity index (χ1v) is 8.24. The average Bonchev–Trinajstić information content (AvgIpc) is 3.02. The van der Waals surface area contributed by atoms with E-state index < -0.39 is 5.97 Å². The number of carboxylic acids is 1. The lowest BCUT2D eigenvalue weighted by Gasteiger charge is -2.13. The number of nitrogens with one attached hydrogen (secondary N) is 2.